The van der Waals surface area contributed by atoms with Gasteiger partial charge in [-0.05, 0) is 65.4 Å². The minimum atomic E-state index is -3.86. The number of hydrogen-bond acceptors (Lipinski definition) is 3. The molecule has 0 amide bonds. The highest BCUT2D eigenvalue weighted by Gasteiger charge is 2.20. The van der Waals surface area contributed by atoms with Gasteiger partial charge >= 0.3 is 0 Å². The van der Waals surface area contributed by atoms with Gasteiger partial charge in [0.2, 0.25) is 0 Å². The highest BCUT2D eigenvalue weighted by Crippen LogP contribution is 2.23. The Hall–Kier alpha value is -1.19. The van der Waals surface area contributed by atoms with Gasteiger partial charge in [-0.15, -0.1) is 0 Å². The van der Waals surface area contributed by atoms with Crippen LogP contribution >= 0.6 is 22.6 Å². The molecule has 7 heteroatoms. The van der Waals surface area contributed by atoms with Gasteiger partial charge < -0.3 is 5.73 Å². The molecule has 2 rings (SSSR count). The molecule has 0 spiro atoms. The molecule has 0 saturated carbocycles. The number of halogens is 2. The standard InChI is InChI=1S/C14H14FIN2O2S/c1-9-13(15)5-10(8-17)6-14(9)21(19,20)18-12-4-2-3-11(16)7-12/h2-7,18H,8,17H2,1H3. The van der Waals surface area contributed by atoms with Gasteiger partial charge in [-0.2, -0.15) is 0 Å². The molecule has 21 heavy (non-hydrogen) atoms. The number of anilines is 1. The monoisotopic (exact) mass is 420 g/mol. The summed E-state index contributed by atoms with van der Waals surface area (Å²) in [6, 6.07) is 9.56. The maximum absolute atomic E-state index is 13.8. The van der Waals surface area contributed by atoms with Gasteiger partial charge in [-0.1, -0.05) is 6.07 Å². The van der Waals surface area contributed by atoms with Crippen LogP contribution in [0.4, 0.5) is 10.1 Å². The molecule has 3 N–H and O–H groups in total. The normalized spacial score (nSPS) is 11.4. The van der Waals surface area contributed by atoms with E-state index in [1.165, 1.54) is 19.1 Å². The Morgan fingerprint density at radius 2 is 2.00 bits per heavy atom. The summed E-state index contributed by atoms with van der Waals surface area (Å²) < 4.78 is 42.0. The van der Waals surface area contributed by atoms with E-state index in [1.54, 1.807) is 18.2 Å². The summed E-state index contributed by atoms with van der Waals surface area (Å²) >= 11 is 2.08. The van der Waals surface area contributed by atoms with Crippen LogP contribution < -0.4 is 10.5 Å². The lowest BCUT2D eigenvalue weighted by molar-refractivity contribution is 0.589. The minimum Gasteiger partial charge on any atom is -0.326 e. The van der Waals surface area contributed by atoms with Crippen LogP contribution in [-0.4, -0.2) is 8.42 Å². The van der Waals surface area contributed by atoms with E-state index in [1.807, 2.05) is 6.07 Å². The summed E-state index contributed by atoms with van der Waals surface area (Å²) in [6.07, 6.45) is 0. The summed E-state index contributed by atoms with van der Waals surface area (Å²) in [7, 11) is -3.86. The molecule has 0 aliphatic rings. The predicted octanol–water partition coefficient (Wildman–Crippen LogP) is 3.00. The lowest BCUT2D eigenvalue weighted by atomic mass is 10.1. The summed E-state index contributed by atoms with van der Waals surface area (Å²) in [5.41, 5.74) is 6.41. The second-order valence-corrected chi connectivity index (χ2v) is 7.42. The average molecular weight is 420 g/mol. The lowest BCUT2D eigenvalue weighted by Crippen LogP contribution is -2.16. The lowest BCUT2D eigenvalue weighted by Gasteiger charge is -2.12. The van der Waals surface area contributed by atoms with E-state index in [-0.39, 0.29) is 17.0 Å². The van der Waals surface area contributed by atoms with Crippen molar-refractivity contribution in [1.82, 2.24) is 0 Å². The molecule has 0 aromatic heterocycles. The fraction of sp³-hybridized carbons (Fsp3) is 0.143. The van der Waals surface area contributed by atoms with Crippen molar-refractivity contribution in [2.45, 2.75) is 18.4 Å². The number of nitrogens with one attached hydrogen (secondary N) is 1. The molecule has 0 radical (unpaired) electrons. The van der Waals surface area contributed by atoms with Gasteiger partial charge in [0.25, 0.3) is 10.0 Å². The first-order valence-corrected chi connectivity index (χ1v) is 8.67. The first-order valence-electron chi connectivity index (χ1n) is 6.11. The van der Waals surface area contributed by atoms with Gasteiger partial charge in [0.1, 0.15) is 5.82 Å². The van der Waals surface area contributed by atoms with Crippen molar-refractivity contribution in [1.29, 1.82) is 0 Å². The van der Waals surface area contributed by atoms with Crippen LogP contribution in [0, 0.1) is 16.3 Å². The van der Waals surface area contributed by atoms with Crippen LogP contribution in [0.1, 0.15) is 11.1 Å². The van der Waals surface area contributed by atoms with Crippen LogP contribution in [0.5, 0.6) is 0 Å². The molecule has 2 aromatic rings. The third-order valence-corrected chi connectivity index (χ3v) is 5.14. The van der Waals surface area contributed by atoms with E-state index in [4.69, 9.17) is 5.73 Å². The Kier molecular flexibility index (Phi) is 4.84. The number of rotatable bonds is 4. The molecule has 2 aromatic carbocycles. The second kappa shape index (κ2) is 6.29. The molecule has 4 nitrogen and oxygen atoms in total. The zero-order valence-corrected chi connectivity index (χ0v) is 14.2. The number of sulfonamides is 1. The van der Waals surface area contributed by atoms with Crippen LogP contribution in [0.25, 0.3) is 0 Å². The summed E-state index contributed by atoms with van der Waals surface area (Å²) in [6.45, 7) is 1.50. The zero-order chi connectivity index (χ0) is 15.6. The summed E-state index contributed by atoms with van der Waals surface area (Å²) in [5.74, 6) is -0.582. The van der Waals surface area contributed by atoms with E-state index in [2.05, 4.69) is 27.3 Å². The summed E-state index contributed by atoms with van der Waals surface area (Å²) in [5, 5.41) is 0. The molecule has 0 aliphatic heterocycles. The highest BCUT2D eigenvalue weighted by atomic mass is 127. The van der Waals surface area contributed by atoms with E-state index in [9.17, 15) is 12.8 Å². The fourth-order valence-electron chi connectivity index (χ4n) is 1.87. The molecule has 0 atom stereocenters. The second-order valence-electron chi connectivity index (χ2n) is 4.52. The molecule has 0 unspecified atom stereocenters. The molecular formula is C14H14FIN2O2S. The van der Waals surface area contributed by atoms with Crippen molar-refractivity contribution in [3.05, 3.63) is 56.9 Å². The van der Waals surface area contributed by atoms with E-state index in [0.29, 0.717) is 11.3 Å². The van der Waals surface area contributed by atoms with Gasteiger partial charge in [-0.3, -0.25) is 4.72 Å². The van der Waals surface area contributed by atoms with Gasteiger partial charge in [-0.25, -0.2) is 12.8 Å². The predicted molar refractivity (Wildman–Crippen MR) is 89.0 cm³/mol. The largest absolute Gasteiger partial charge is 0.326 e. The zero-order valence-electron chi connectivity index (χ0n) is 11.2. The fourth-order valence-corrected chi connectivity index (χ4v) is 3.76. The van der Waals surface area contributed by atoms with Gasteiger partial charge in [0, 0.05) is 21.4 Å². The van der Waals surface area contributed by atoms with Crippen molar-refractivity contribution >= 4 is 38.3 Å². The van der Waals surface area contributed by atoms with Crippen molar-refractivity contribution in [2.24, 2.45) is 5.73 Å². The molecule has 0 saturated heterocycles. The van der Waals surface area contributed by atoms with Crippen molar-refractivity contribution < 1.29 is 12.8 Å². The Morgan fingerprint density at radius 1 is 1.29 bits per heavy atom. The van der Waals surface area contributed by atoms with Gasteiger partial charge in [0.05, 0.1) is 4.90 Å². The number of nitrogens with two attached hydrogens (primary N) is 1. The van der Waals surface area contributed by atoms with E-state index in [0.717, 1.165) is 3.57 Å². The number of benzene rings is 2. The topological polar surface area (TPSA) is 72.2 Å². The average Bonchev–Trinajstić information content (AvgIpc) is 2.41. The highest BCUT2D eigenvalue weighted by molar-refractivity contribution is 14.1. The maximum atomic E-state index is 13.8. The van der Waals surface area contributed by atoms with Crippen LogP contribution in [0.3, 0.4) is 0 Å². The molecule has 0 heterocycles. The first kappa shape index (κ1) is 16.2. The maximum Gasteiger partial charge on any atom is 0.262 e. The quantitative estimate of drug-likeness (QED) is 0.748. The molecule has 0 bridgehead atoms. The van der Waals surface area contributed by atoms with Crippen molar-refractivity contribution in [3.8, 4) is 0 Å². The molecule has 0 fully saturated rings. The SMILES string of the molecule is Cc1c(F)cc(CN)cc1S(=O)(=O)Nc1cccc(I)c1. The first-order chi connectivity index (χ1) is 9.83. The summed E-state index contributed by atoms with van der Waals surface area (Å²) in [4.78, 5) is -0.0955. The third-order valence-electron chi connectivity index (χ3n) is 2.96. The Bertz CT molecular complexity index is 779. The smallest absolute Gasteiger partial charge is 0.262 e. The Balaban J connectivity index is 2.47. The third kappa shape index (κ3) is 3.72. The van der Waals surface area contributed by atoms with Gasteiger partial charge in [0.15, 0.2) is 0 Å². The molecule has 112 valence electrons. The van der Waals surface area contributed by atoms with E-state index < -0.39 is 15.8 Å². The Morgan fingerprint density at radius 3 is 2.62 bits per heavy atom. The molecular weight excluding hydrogens is 406 g/mol. The minimum absolute atomic E-state index is 0.0724. The molecule has 0 aliphatic carbocycles. The van der Waals surface area contributed by atoms with Crippen LogP contribution in [-0.2, 0) is 16.6 Å². The van der Waals surface area contributed by atoms with E-state index >= 15 is 0 Å². The number of hydrogen-bond donors (Lipinski definition) is 2. The van der Waals surface area contributed by atoms with Crippen molar-refractivity contribution in [3.63, 3.8) is 0 Å². The van der Waals surface area contributed by atoms with Crippen LogP contribution in [0.2, 0.25) is 0 Å². The van der Waals surface area contributed by atoms with Crippen LogP contribution in [0.15, 0.2) is 41.3 Å². The van der Waals surface area contributed by atoms with Crippen molar-refractivity contribution in [2.75, 3.05) is 4.72 Å². The Labute approximate surface area is 136 Å².